The molecule has 2 rings (SSSR count). The molecule has 0 aromatic heterocycles. The van der Waals surface area contributed by atoms with Crippen LogP contribution in [0, 0.1) is 16.0 Å². The fraction of sp³-hybridized carbons (Fsp3) is 0.381. The van der Waals surface area contributed by atoms with Crippen molar-refractivity contribution >= 4 is 11.7 Å². The van der Waals surface area contributed by atoms with Crippen LogP contribution in [0.4, 0.5) is 5.69 Å². The van der Waals surface area contributed by atoms with E-state index in [-0.39, 0.29) is 11.6 Å². The predicted molar refractivity (Wildman–Crippen MR) is 104 cm³/mol. The molecule has 0 fully saturated rings. The molecular weight excluding hydrogens is 346 g/mol. The lowest BCUT2D eigenvalue weighted by Crippen LogP contribution is -2.37. The summed E-state index contributed by atoms with van der Waals surface area (Å²) in [6.07, 6.45) is 8.81. The third kappa shape index (κ3) is 5.29. The van der Waals surface area contributed by atoms with Gasteiger partial charge in [0.2, 0.25) is 0 Å². The lowest BCUT2D eigenvalue weighted by atomic mass is 9.84. The molecule has 1 aliphatic rings. The zero-order valence-corrected chi connectivity index (χ0v) is 16.1. The van der Waals surface area contributed by atoms with Crippen molar-refractivity contribution in [2.75, 3.05) is 7.11 Å². The number of hydrogen-bond donors (Lipinski definition) is 0. The Balaban J connectivity index is 2.13. The van der Waals surface area contributed by atoms with Crippen molar-refractivity contribution in [1.82, 2.24) is 0 Å². The maximum atomic E-state index is 11.1. The molecule has 0 amide bonds. The van der Waals surface area contributed by atoms with Gasteiger partial charge >= 0.3 is 5.97 Å². The molecule has 0 saturated heterocycles. The lowest BCUT2D eigenvalue weighted by molar-refractivity contribution is -0.384. The Bertz CT molecular complexity index is 787. The Kier molecular flexibility index (Phi) is 6.55. The molecule has 1 unspecified atom stereocenters. The van der Waals surface area contributed by atoms with Crippen LogP contribution in [0.25, 0.3) is 0 Å². The standard InChI is InChI=1S/C21H25NO5/c1-15-9-14-19(18(15)7-5-6-8-20(23)26-4)21(2,3)27-17-12-10-16(11-13-17)22(24)25/h5-8,10-13,19H,9,14H2,1-4H3/b7-5-,8-6-. The lowest BCUT2D eigenvalue weighted by Gasteiger charge is -2.34. The number of nitro groups is 1. The highest BCUT2D eigenvalue weighted by molar-refractivity contribution is 5.82. The van der Waals surface area contributed by atoms with Crippen molar-refractivity contribution in [2.24, 2.45) is 5.92 Å². The Hall–Kier alpha value is -2.89. The van der Waals surface area contributed by atoms with Gasteiger partial charge in [0.15, 0.2) is 0 Å². The average Bonchev–Trinajstić information content (AvgIpc) is 3.00. The van der Waals surface area contributed by atoms with E-state index in [0.717, 1.165) is 12.8 Å². The summed E-state index contributed by atoms with van der Waals surface area (Å²) in [4.78, 5) is 21.5. The van der Waals surface area contributed by atoms with Gasteiger partial charge in [-0.15, -0.1) is 0 Å². The van der Waals surface area contributed by atoms with E-state index < -0.39 is 16.5 Å². The summed E-state index contributed by atoms with van der Waals surface area (Å²) < 4.78 is 10.8. The smallest absolute Gasteiger partial charge is 0.330 e. The molecule has 0 radical (unpaired) electrons. The van der Waals surface area contributed by atoms with Crippen LogP contribution < -0.4 is 4.74 Å². The summed E-state index contributed by atoms with van der Waals surface area (Å²) in [6.45, 7) is 6.15. The third-order valence-electron chi connectivity index (χ3n) is 4.76. The second kappa shape index (κ2) is 8.66. The first-order valence-corrected chi connectivity index (χ1v) is 8.80. The van der Waals surface area contributed by atoms with Gasteiger partial charge in [-0.25, -0.2) is 4.79 Å². The number of nitro benzene ring substituents is 1. The molecule has 0 N–H and O–H groups in total. The maximum Gasteiger partial charge on any atom is 0.330 e. The number of rotatable bonds is 7. The van der Waals surface area contributed by atoms with Gasteiger partial charge in [-0.2, -0.15) is 0 Å². The zero-order valence-electron chi connectivity index (χ0n) is 16.1. The fourth-order valence-corrected chi connectivity index (χ4v) is 3.31. The van der Waals surface area contributed by atoms with E-state index in [9.17, 15) is 14.9 Å². The van der Waals surface area contributed by atoms with Crippen LogP contribution in [0.2, 0.25) is 0 Å². The number of benzene rings is 1. The van der Waals surface area contributed by atoms with E-state index in [1.54, 1.807) is 18.2 Å². The van der Waals surface area contributed by atoms with Gasteiger partial charge in [0, 0.05) is 24.1 Å². The number of non-ortho nitro benzene ring substituents is 1. The molecular formula is C21H25NO5. The van der Waals surface area contributed by atoms with Crippen molar-refractivity contribution in [1.29, 1.82) is 0 Å². The summed E-state index contributed by atoms with van der Waals surface area (Å²) in [5.74, 6) is 0.384. The van der Waals surface area contributed by atoms with Gasteiger partial charge in [0.1, 0.15) is 11.4 Å². The van der Waals surface area contributed by atoms with Gasteiger partial charge < -0.3 is 9.47 Å². The van der Waals surface area contributed by atoms with E-state index in [2.05, 4.69) is 11.7 Å². The number of allylic oxidation sites excluding steroid dienone is 4. The van der Waals surface area contributed by atoms with Crippen LogP contribution in [-0.2, 0) is 9.53 Å². The number of esters is 1. The minimum Gasteiger partial charge on any atom is -0.487 e. The monoisotopic (exact) mass is 371 g/mol. The zero-order chi connectivity index (χ0) is 20.0. The highest BCUT2D eigenvalue weighted by Crippen LogP contribution is 2.41. The van der Waals surface area contributed by atoms with Gasteiger partial charge in [-0.05, 0) is 51.3 Å². The Labute approximate surface area is 159 Å². The molecule has 1 atom stereocenters. The van der Waals surface area contributed by atoms with Gasteiger partial charge in [0.05, 0.1) is 12.0 Å². The molecule has 6 heteroatoms. The Morgan fingerprint density at radius 1 is 1.26 bits per heavy atom. The SMILES string of the molecule is COC(=O)/C=C\C=C/C1=C(C)CCC1C(C)(C)Oc1ccc([N+](=O)[O-])cc1. The number of ether oxygens (including phenoxy) is 2. The first-order valence-electron chi connectivity index (χ1n) is 8.80. The van der Waals surface area contributed by atoms with Crippen LogP contribution in [0.3, 0.4) is 0 Å². The first kappa shape index (κ1) is 20.4. The minimum absolute atomic E-state index is 0.0396. The van der Waals surface area contributed by atoms with Crippen molar-refractivity contribution in [2.45, 2.75) is 39.2 Å². The normalized spacial score (nSPS) is 17.7. The number of carbonyl (C=O) groups excluding carboxylic acids is 1. The average molecular weight is 371 g/mol. The van der Waals surface area contributed by atoms with Crippen molar-refractivity contribution in [3.63, 3.8) is 0 Å². The van der Waals surface area contributed by atoms with Crippen LogP contribution >= 0.6 is 0 Å². The molecule has 0 saturated carbocycles. The van der Waals surface area contributed by atoms with Crippen molar-refractivity contribution < 1.29 is 19.2 Å². The van der Waals surface area contributed by atoms with Gasteiger partial charge in [0.25, 0.3) is 5.69 Å². The van der Waals surface area contributed by atoms with E-state index in [1.807, 2.05) is 26.0 Å². The van der Waals surface area contributed by atoms with Crippen molar-refractivity contribution in [3.05, 3.63) is 69.8 Å². The first-order chi connectivity index (χ1) is 12.7. The number of methoxy groups -OCH3 is 1. The second-order valence-corrected chi connectivity index (χ2v) is 7.02. The summed E-state index contributed by atoms with van der Waals surface area (Å²) in [6, 6.07) is 6.14. The molecule has 0 spiro atoms. The molecule has 0 bridgehead atoms. The summed E-state index contributed by atoms with van der Waals surface area (Å²) in [5.41, 5.74) is 2.04. The Morgan fingerprint density at radius 2 is 1.93 bits per heavy atom. The van der Waals surface area contributed by atoms with Crippen LogP contribution in [0.5, 0.6) is 5.75 Å². The highest BCUT2D eigenvalue weighted by atomic mass is 16.6. The van der Waals surface area contributed by atoms with Crippen molar-refractivity contribution in [3.8, 4) is 5.75 Å². The molecule has 0 aliphatic heterocycles. The van der Waals surface area contributed by atoms with E-state index in [4.69, 9.17) is 4.74 Å². The molecule has 6 nitrogen and oxygen atoms in total. The third-order valence-corrected chi connectivity index (χ3v) is 4.76. The molecule has 0 heterocycles. The summed E-state index contributed by atoms with van der Waals surface area (Å²) in [5, 5.41) is 10.8. The van der Waals surface area contributed by atoms with Crippen LogP contribution in [-0.4, -0.2) is 23.6 Å². The maximum absolute atomic E-state index is 11.1. The quantitative estimate of drug-likeness (QED) is 0.227. The Morgan fingerprint density at radius 3 is 2.52 bits per heavy atom. The van der Waals surface area contributed by atoms with E-state index >= 15 is 0 Å². The summed E-state index contributed by atoms with van der Waals surface area (Å²) >= 11 is 0. The number of nitrogens with zero attached hydrogens (tertiary/aromatic N) is 1. The topological polar surface area (TPSA) is 78.7 Å². The van der Waals surface area contributed by atoms with Gasteiger partial charge in [-0.3, -0.25) is 10.1 Å². The summed E-state index contributed by atoms with van der Waals surface area (Å²) in [7, 11) is 1.34. The number of hydrogen-bond acceptors (Lipinski definition) is 5. The van der Waals surface area contributed by atoms with E-state index in [1.165, 1.54) is 36.5 Å². The minimum atomic E-state index is -0.486. The van der Waals surface area contributed by atoms with Crippen LogP contribution in [0.15, 0.2) is 59.7 Å². The largest absolute Gasteiger partial charge is 0.487 e. The number of carbonyl (C=O) groups is 1. The van der Waals surface area contributed by atoms with Gasteiger partial charge in [-0.1, -0.05) is 23.8 Å². The fourth-order valence-electron chi connectivity index (χ4n) is 3.31. The van der Waals surface area contributed by atoms with Crippen LogP contribution in [0.1, 0.15) is 33.6 Å². The second-order valence-electron chi connectivity index (χ2n) is 7.02. The van der Waals surface area contributed by atoms with E-state index in [0.29, 0.717) is 5.75 Å². The molecule has 27 heavy (non-hydrogen) atoms. The molecule has 144 valence electrons. The molecule has 1 aromatic carbocycles. The highest BCUT2D eigenvalue weighted by Gasteiger charge is 2.37. The molecule has 1 aromatic rings. The predicted octanol–water partition coefficient (Wildman–Crippen LogP) is 4.76. The molecule has 1 aliphatic carbocycles.